The van der Waals surface area contributed by atoms with Gasteiger partial charge in [-0.05, 0) is 61.8 Å². The fourth-order valence-corrected chi connectivity index (χ4v) is 4.42. The van der Waals surface area contributed by atoms with Gasteiger partial charge in [0.15, 0.2) is 0 Å². The molecule has 140 valence electrons. The highest BCUT2D eigenvalue weighted by atomic mass is 16.2. The summed E-state index contributed by atoms with van der Waals surface area (Å²) in [6.07, 6.45) is 7.01. The first kappa shape index (κ1) is 17.5. The Bertz CT molecular complexity index is 674. The summed E-state index contributed by atoms with van der Waals surface area (Å²) in [5.74, 6) is 0.390. The number of amides is 2. The number of fused-ring (bicyclic) bond motifs is 1. The van der Waals surface area contributed by atoms with Gasteiger partial charge in [0.2, 0.25) is 5.91 Å². The zero-order valence-electron chi connectivity index (χ0n) is 15.6. The number of hydrogen-bond acceptors (Lipinski definition) is 3. The average molecular weight is 355 g/mol. The van der Waals surface area contributed by atoms with Crippen LogP contribution in [-0.4, -0.2) is 72.3 Å². The van der Waals surface area contributed by atoms with Crippen LogP contribution in [0.2, 0.25) is 0 Å². The van der Waals surface area contributed by atoms with Crippen molar-refractivity contribution in [3.05, 3.63) is 34.9 Å². The Kier molecular flexibility index (Phi) is 5.25. The van der Waals surface area contributed by atoms with E-state index in [-0.39, 0.29) is 11.8 Å². The van der Waals surface area contributed by atoms with E-state index in [2.05, 4.69) is 17.0 Å². The van der Waals surface area contributed by atoms with Crippen LogP contribution in [0.15, 0.2) is 18.2 Å². The number of carbonyl (C=O) groups is 2. The number of nitrogens with zero attached hydrogens (tertiary/aromatic N) is 3. The third-order valence-electron chi connectivity index (χ3n) is 6.07. The van der Waals surface area contributed by atoms with E-state index in [4.69, 9.17) is 0 Å². The molecular formula is C21H29N3O2. The predicted octanol–water partition coefficient (Wildman–Crippen LogP) is 1.95. The molecule has 0 spiro atoms. The Balaban J connectivity index is 1.31. The number of hydrogen-bond donors (Lipinski definition) is 0. The molecule has 0 atom stereocenters. The molecule has 1 aromatic carbocycles. The maximum absolute atomic E-state index is 12.9. The Morgan fingerprint density at radius 2 is 1.46 bits per heavy atom. The van der Waals surface area contributed by atoms with Crippen molar-refractivity contribution in [3.63, 3.8) is 0 Å². The van der Waals surface area contributed by atoms with Gasteiger partial charge in [0.05, 0.1) is 6.54 Å². The van der Waals surface area contributed by atoms with Crippen molar-refractivity contribution >= 4 is 11.8 Å². The van der Waals surface area contributed by atoms with E-state index in [9.17, 15) is 9.59 Å². The summed E-state index contributed by atoms with van der Waals surface area (Å²) in [5, 5.41) is 0. The summed E-state index contributed by atoms with van der Waals surface area (Å²) in [4.78, 5) is 31.3. The highest BCUT2D eigenvalue weighted by molar-refractivity contribution is 5.94. The maximum Gasteiger partial charge on any atom is 0.253 e. The van der Waals surface area contributed by atoms with Crippen LogP contribution in [-0.2, 0) is 17.6 Å². The van der Waals surface area contributed by atoms with Crippen LogP contribution in [0.4, 0.5) is 0 Å². The fraction of sp³-hybridized carbons (Fsp3) is 0.619. The van der Waals surface area contributed by atoms with Crippen molar-refractivity contribution in [1.82, 2.24) is 14.7 Å². The van der Waals surface area contributed by atoms with Gasteiger partial charge in [0.1, 0.15) is 0 Å². The first-order valence-corrected chi connectivity index (χ1v) is 10.1. The minimum atomic E-state index is 0.142. The molecule has 2 amide bonds. The minimum Gasteiger partial charge on any atom is -0.342 e. The van der Waals surface area contributed by atoms with Gasteiger partial charge in [-0.15, -0.1) is 0 Å². The molecule has 0 radical (unpaired) electrons. The fourth-order valence-electron chi connectivity index (χ4n) is 4.42. The summed E-state index contributed by atoms with van der Waals surface area (Å²) < 4.78 is 0. The zero-order valence-corrected chi connectivity index (χ0v) is 15.6. The highest BCUT2D eigenvalue weighted by Crippen LogP contribution is 2.23. The Labute approximate surface area is 155 Å². The van der Waals surface area contributed by atoms with E-state index >= 15 is 0 Å². The first-order chi connectivity index (χ1) is 12.7. The molecule has 4 rings (SSSR count). The van der Waals surface area contributed by atoms with Gasteiger partial charge < -0.3 is 9.80 Å². The number of likely N-dealkylation sites (tertiary alicyclic amines) is 1. The van der Waals surface area contributed by atoms with E-state index in [0.717, 1.165) is 57.4 Å². The van der Waals surface area contributed by atoms with Crippen molar-refractivity contribution in [2.24, 2.45) is 0 Å². The number of aryl methyl sites for hydroxylation is 2. The lowest BCUT2D eigenvalue weighted by Crippen LogP contribution is -2.51. The molecule has 5 heteroatoms. The molecule has 3 aliphatic rings. The van der Waals surface area contributed by atoms with Crippen LogP contribution >= 0.6 is 0 Å². The van der Waals surface area contributed by atoms with E-state index in [1.54, 1.807) is 0 Å². The molecule has 0 bridgehead atoms. The maximum atomic E-state index is 12.9. The lowest BCUT2D eigenvalue weighted by Gasteiger charge is -2.35. The van der Waals surface area contributed by atoms with Gasteiger partial charge in [-0.25, -0.2) is 0 Å². The van der Waals surface area contributed by atoms with Crippen molar-refractivity contribution in [2.75, 3.05) is 45.8 Å². The standard InChI is InChI=1S/C21H29N3O2/c25-20(23-9-3-4-10-23)16-22-11-13-24(14-12-22)21(26)19-8-7-17-5-1-2-6-18(17)15-19/h7-8,15H,1-6,9-14,16H2. The molecule has 2 aliphatic heterocycles. The summed E-state index contributed by atoms with van der Waals surface area (Å²) >= 11 is 0. The van der Waals surface area contributed by atoms with Gasteiger partial charge in [0, 0.05) is 44.8 Å². The molecule has 0 unspecified atom stereocenters. The SMILES string of the molecule is O=C(CN1CCN(C(=O)c2ccc3c(c2)CCCC3)CC1)N1CCCC1. The Hall–Kier alpha value is -1.88. The van der Waals surface area contributed by atoms with E-state index < -0.39 is 0 Å². The van der Waals surface area contributed by atoms with Gasteiger partial charge in [0.25, 0.3) is 5.91 Å². The number of carbonyl (C=O) groups excluding carboxylic acids is 2. The van der Waals surface area contributed by atoms with Crippen LogP contribution in [0.25, 0.3) is 0 Å². The molecule has 26 heavy (non-hydrogen) atoms. The largest absolute Gasteiger partial charge is 0.342 e. The molecular weight excluding hydrogens is 326 g/mol. The van der Waals surface area contributed by atoms with Gasteiger partial charge in [-0.2, -0.15) is 0 Å². The van der Waals surface area contributed by atoms with E-state index in [0.29, 0.717) is 19.6 Å². The lowest BCUT2D eigenvalue weighted by atomic mass is 9.90. The molecule has 2 fully saturated rings. The number of rotatable bonds is 3. The van der Waals surface area contributed by atoms with Crippen LogP contribution in [0, 0.1) is 0 Å². The van der Waals surface area contributed by atoms with Crippen molar-refractivity contribution in [2.45, 2.75) is 38.5 Å². The molecule has 0 aromatic heterocycles. The third-order valence-corrected chi connectivity index (χ3v) is 6.07. The molecule has 0 saturated carbocycles. The smallest absolute Gasteiger partial charge is 0.253 e. The third kappa shape index (κ3) is 3.78. The van der Waals surface area contributed by atoms with Gasteiger partial charge >= 0.3 is 0 Å². The predicted molar refractivity (Wildman–Crippen MR) is 101 cm³/mol. The highest BCUT2D eigenvalue weighted by Gasteiger charge is 2.26. The zero-order chi connectivity index (χ0) is 17.9. The van der Waals surface area contributed by atoms with E-state index in [1.807, 2.05) is 15.9 Å². The Morgan fingerprint density at radius 3 is 2.19 bits per heavy atom. The molecule has 2 heterocycles. The lowest BCUT2D eigenvalue weighted by molar-refractivity contribution is -0.131. The molecule has 5 nitrogen and oxygen atoms in total. The Morgan fingerprint density at radius 1 is 0.769 bits per heavy atom. The summed E-state index contributed by atoms with van der Waals surface area (Å²) in [7, 11) is 0. The molecule has 1 aliphatic carbocycles. The quantitative estimate of drug-likeness (QED) is 0.832. The van der Waals surface area contributed by atoms with Crippen molar-refractivity contribution in [1.29, 1.82) is 0 Å². The van der Waals surface area contributed by atoms with Crippen LogP contribution in [0.1, 0.15) is 47.2 Å². The summed E-state index contributed by atoms with van der Waals surface area (Å²) in [5.41, 5.74) is 3.60. The molecule has 1 aromatic rings. The normalized spacial score (nSPS) is 20.9. The molecule has 2 saturated heterocycles. The van der Waals surface area contributed by atoms with Gasteiger partial charge in [-0.3, -0.25) is 14.5 Å². The number of piperazine rings is 1. The summed E-state index contributed by atoms with van der Waals surface area (Å²) in [6, 6.07) is 6.25. The topological polar surface area (TPSA) is 43.9 Å². The second kappa shape index (κ2) is 7.78. The van der Waals surface area contributed by atoms with Gasteiger partial charge in [-0.1, -0.05) is 6.07 Å². The average Bonchev–Trinajstić information content (AvgIpc) is 3.23. The van der Waals surface area contributed by atoms with Crippen molar-refractivity contribution in [3.8, 4) is 0 Å². The van der Waals surface area contributed by atoms with Crippen LogP contribution < -0.4 is 0 Å². The van der Waals surface area contributed by atoms with Crippen molar-refractivity contribution < 1.29 is 9.59 Å². The first-order valence-electron chi connectivity index (χ1n) is 10.1. The summed E-state index contributed by atoms with van der Waals surface area (Å²) in [6.45, 7) is 5.32. The second-order valence-corrected chi connectivity index (χ2v) is 7.85. The molecule has 0 N–H and O–H groups in total. The monoisotopic (exact) mass is 355 g/mol. The number of benzene rings is 1. The van der Waals surface area contributed by atoms with Crippen LogP contribution in [0.5, 0.6) is 0 Å². The van der Waals surface area contributed by atoms with E-state index in [1.165, 1.54) is 24.0 Å². The van der Waals surface area contributed by atoms with Crippen LogP contribution in [0.3, 0.4) is 0 Å². The minimum absolute atomic E-state index is 0.142. The second-order valence-electron chi connectivity index (χ2n) is 7.85.